The molecule has 2 rings (SSSR count). The Kier molecular flexibility index (Phi) is 3.89. The fourth-order valence-corrected chi connectivity index (χ4v) is 1.86. The zero-order valence-corrected chi connectivity index (χ0v) is 10.2. The van der Waals surface area contributed by atoms with Gasteiger partial charge in [0.15, 0.2) is 0 Å². The molecule has 18 heavy (non-hydrogen) atoms. The topological polar surface area (TPSA) is 38.9 Å². The average Bonchev–Trinajstić information content (AvgIpc) is 2.35. The van der Waals surface area contributed by atoms with Crippen LogP contribution in [0.25, 0.3) is 0 Å². The van der Waals surface area contributed by atoms with Crippen LogP contribution in [0.15, 0.2) is 36.7 Å². The molecule has 0 aliphatic carbocycles. The van der Waals surface area contributed by atoms with Gasteiger partial charge in [0.1, 0.15) is 11.6 Å². The van der Waals surface area contributed by atoms with Gasteiger partial charge >= 0.3 is 0 Å². The van der Waals surface area contributed by atoms with Crippen molar-refractivity contribution in [2.24, 2.45) is 5.73 Å². The molecule has 94 valence electrons. The lowest BCUT2D eigenvalue weighted by atomic mass is 10.00. The summed E-state index contributed by atoms with van der Waals surface area (Å²) in [5.74, 6) is -1.27. The summed E-state index contributed by atoms with van der Waals surface area (Å²) in [5.41, 5.74) is 6.84. The number of halogens is 3. The maximum absolute atomic E-state index is 13.6. The summed E-state index contributed by atoms with van der Waals surface area (Å²) in [6.07, 6.45) is 3.66. The highest BCUT2D eigenvalue weighted by atomic mass is 35.5. The van der Waals surface area contributed by atoms with Crippen LogP contribution in [0.1, 0.15) is 17.2 Å². The number of hydrogen-bond acceptors (Lipinski definition) is 2. The van der Waals surface area contributed by atoms with Crippen molar-refractivity contribution >= 4 is 11.6 Å². The number of nitrogens with zero attached hydrogens (tertiary/aromatic N) is 1. The van der Waals surface area contributed by atoms with Gasteiger partial charge in [-0.25, -0.2) is 8.78 Å². The smallest absolute Gasteiger partial charge is 0.142 e. The van der Waals surface area contributed by atoms with Gasteiger partial charge in [-0.15, -0.1) is 0 Å². The zero-order valence-electron chi connectivity index (χ0n) is 9.41. The minimum Gasteiger partial charge on any atom is -0.324 e. The van der Waals surface area contributed by atoms with Crippen LogP contribution in [0.2, 0.25) is 5.02 Å². The van der Waals surface area contributed by atoms with Gasteiger partial charge < -0.3 is 5.73 Å². The standard InChI is InChI=1S/C13H11ClF2N2/c14-10-6-11(15)9(5-12(10)16)13(17)4-8-2-1-3-18-7-8/h1-3,5-7,13H,4,17H2. The first kappa shape index (κ1) is 12.9. The Labute approximate surface area is 108 Å². The van der Waals surface area contributed by atoms with Gasteiger partial charge in [0.2, 0.25) is 0 Å². The van der Waals surface area contributed by atoms with Gasteiger partial charge in [-0.1, -0.05) is 17.7 Å². The Morgan fingerprint density at radius 2 is 2.06 bits per heavy atom. The van der Waals surface area contributed by atoms with Crippen molar-refractivity contribution in [2.45, 2.75) is 12.5 Å². The Hall–Kier alpha value is -1.52. The highest BCUT2D eigenvalue weighted by Gasteiger charge is 2.15. The van der Waals surface area contributed by atoms with Gasteiger partial charge in [0, 0.05) is 24.0 Å². The van der Waals surface area contributed by atoms with E-state index >= 15 is 0 Å². The molecule has 0 bridgehead atoms. The predicted molar refractivity (Wildman–Crippen MR) is 66.2 cm³/mol. The quantitative estimate of drug-likeness (QED) is 0.868. The lowest BCUT2D eigenvalue weighted by molar-refractivity contribution is 0.561. The normalized spacial score (nSPS) is 12.4. The van der Waals surface area contributed by atoms with Crippen molar-refractivity contribution in [1.82, 2.24) is 4.98 Å². The summed E-state index contributed by atoms with van der Waals surface area (Å²) < 4.78 is 26.9. The van der Waals surface area contributed by atoms with E-state index in [0.29, 0.717) is 6.42 Å². The van der Waals surface area contributed by atoms with E-state index < -0.39 is 17.7 Å². The van der Waals surface area contributed by atoms with E-state index in [2.05, 4.69) is 4.98 Å². The summed E-state index contributed by atoms with van der Waals surface area (Å²) >= 11 is 5.48. The third kappa shape index (κ3) is 2.83. The molecule has 0 radical (unpaired) electrons. The van der Waals surface area contributed by atoms with Crippen LogP contribution in [0.3, 0.4) is 0 Å². The van der Waals surface area contributed by atoms with Crippen LogP contribution < -0.4 is 5.73 Å². The van der Waals surface area contributed by atoms with E-state index in [0.717, 1.165) is 17.7 Å². The van der Waals surface area contributed by atoms with E-state index in [4.69, 9.17) is 17.3 Å². The van der Waals surface area contributed by atoms with E-state index in [9.17, 15) is 8.78 Å². The molecule has 0 amide bonds. The molecule has 2 N–H and O–H groups in total. The number of pyridine rings is 1. The van der Waals surface area contributed by atoms with Gasteiger partial charge in [-0.3, -0.25) is 4.98 Å². The summed E-state index contributed by atoms with van der Waals surface area (Å²) in [7, 11) is 0. The highest BCUT2D eigenvalue weighted by molar-refractivity contribution is 6.30. The van der Waals surface area contributed by atoms with Gasteiger partial charge in [-0.2, -0.15) is 0 Å². The molecule has 2 nitrogen and oxygen atoms in total. The summed E-state index contributed by atoms with van der Waals surface area (Å²) in [6.45, 7) is 0. The average molecular weight is 269 g/mol. The molecule has 1 unspecified atom stereocenters. The molecule has 0 saturated carbocycles. The number of benzene rings is 1. The maximum atomic E-state index is 13.6. The maximum Gasteiger partial charge on any atom is 0.142 e. The second kappa shape index (κ2) is 5.42. The molecule has 5 heteroatoms. The lowest BCUT2D eigenvalue weighted by Gasteiger charge is -2.13. The molecule has 2 aromatic rings. The van der Waals surface area contributed by atoms with Crippen molar-refractivity contribution in [2.75, 3.05) is 0 Å². The van der Waals surface area contributed by atoms with Gasteiger partial charge in [-0.05, 0) is 30.2 Å². The van der Waals surface area contributed by atoms with E-state index in [1.807, 2.05) is 6.07 Å². The summed E-state index contributed by atoms with van der Waals surface area (Å²) in [5, 5.41) is -0.246. The second-order valence-electron chi connectivity index (χ2n) is 3.96. The molecule has 1 atom stereocenters. The molecule has 0 aliphatic heterocycles. The molecule has 0 spiro atoms. The lowest BCUT2D eigenvalue weighted by Crippen LogP contribution is -2.15. The summed E-state index contributed by atoms with van der Waals surface area (Å²) in [4.78, 5) is 3.94. The van der Waals surface area contributed by atoms with E-state index in [1.165, 1.54) is 0 Å². The second-order valence-corrected chi connectivity index (χ2v) is 4.37. The number of hydrogen-bond donors (Lipinski definition) is 1. The zero-order chi connectivity index (χ0) is 13.1. The van der Waals surface area contributed by atoms with E-state index in [-0.39, 0.29) is 10.6 Å². The first-order valence-corrected chi connectivity index (χ1v) is 5.74. The minimum absolute atomic E-state index is 0.112. The molecule has 0 fully saturated rings. The molecule has 1 aromatic heterocycles. The number of nitrogens with two attached hydrogens (primary N) is 1. The van der Waals surface area contributed by atoms with Crippen molar-refractivity contribution in [3.8, 4) is 0 Å². The Bertz CT molecular complexity index is 546. The van der Waals surface area contributed by atoms with Crippen LogP contribution in [0.4, 0.5) is 8.78 Å². The Balaban J connectivity index is 2.24. The van der Waals surface area contributed by atoms with Crippen LogP contribution in [-0.2, 0) is 6.42 Å². The SMILES string of the molecule is NC(Cc1cccnc1)c1cc(F)c(Cl)cc1F. The van der Waals surface area contributed by atoms with Crippen LogP contribution in [0, 0.1) is 11.6 Å². The van der Waals surface area contributed by atoms with Crippen molar-refractivity contribution in [3.63, 3.8) is 0 Å². The minimum atomic E-state index is -0.672. The monoisotopic (exact) mass is 268 g/mol. The highest BCUT2D eigenvalue weighted by Crippen LogP contribution is 2.24. The first-order valence-electron chi connectivity index (χ1n) is 5.37. The molecular weight excluding hydrogens is 258 g/mol. The van der Waals surface area contributed by atoms with Gasteiger partial charge in [0.25, 0.3) is 0 Å². The van der Waals surface area contributed by atoms with Crippen molar-refractivity contribution < 1.29 is 8.78 Å². The molecular formula is C13H11ClF2N2. The molecule has 1 aromatic carbocycles. The fourth-order valence-electron chi connectivity index (χ4n) is 1.70. The largest absolute Gasteiger partial charge is 0.324 e. The van der Waals surface area contributed by atoms with Crippen LogP contribution >= 0.6 is 11.6 Å². The predicted octanol–water partition coefficient (Wildman–Crippen LogP) is 3.26. The Morgan fingerprint density at radius 1 is 1.28 bits per heavy atom. The van der Waals surface area contributed by atoms with Crippen LogP contribution in [0.5, 0.6) is 0 Å². The number of rotatable bonds is 3. The molecule has 0 saturated heterocycles. The van der Waals surface area contributed by atoms with Crippen LogP contribution in [-0.4, -0.2) is 4.98 Å². The molecule has 1 heterocycles. The number of aromatic nitrogens is 1. The third-order valence-electron chi connectivity index (χ3n) is 2.62. The van der Waals surface area contributed by atoms with E-state index in [1.54, 1.807) is 18.5 Å². The van der Waals surface area contributed by atoms with Crippen molar-refractivity contribution in [3.05, 3.63) is 64.4 Å². The summed E-state index contributed by atoms with van der Waals surface area (Å²) in [6, 6.07) is 4.94. The fraction of sp³-hybridized carbons (Fsp3) is 0.154. The Morgan fingerprint density at radius 3 is 2.72 bits per heavy atom. The third-order valence-corrected chi connectivity index (χ3v) is 2.91. The van der Waals surface area contributed by atoms with Gasteiger partial charge in [0.05, 0.1) is 5.02 Å². The van der Waals surface area contributed by atoms with Crippen molar-refractivity contribution in [1.29, 1.82) is 0 Å². The first-order chi connectivity index (χ1) is 8.58. The molecule has 0 aliphatic rings.